The highest BCUT2D eigenvalue weighted by Gasteiger charge is 2.19. The molecule has 0 aliphatic carbocycles. The normalized spacial score (nSPS) is 11.6. The lowest BCUT2D eigenvalue weighted by Gasteiger charge is -2.23. The average molecular weight is 466 g/mol. The van der Waals surface area contributed by atoms with Gasteiger partial charge in [-0.2, -0.15) is 0 Å². The standard InChI is InChI=1S/C31H35N3O/c1-33(2)28-18-13-25(14-19-28)31(26-15-20-29(34(3)4)30(21-26)35-5)24-11-16-27(17-12-24)32-22-23-9-7-6-8-10-23/h6-21,31-32H,22H2,1-5H3. The summed E-state index contributed by atoms with van der Waals surface area (Å²) in [4.78, 5) is 4.21. The zero-order valence-electron chi connectivity index (χ0n) is 21.3. The number of methoxy groups -OCH3 is 1. The van der Waals surface area contributed by atoms with E-state index in [1.165, 1.54) is 27.9 Å². The van der Waals surface area contributed by atoms with Gasteiger partial charge in [-0.1, -0.05) is 60.7 Å². The predicted octanol–water partition coefficient (Wildman–Crippen LogP) is 6.62. The second kappa shape index (κ2) is 11.0. The summed E-state index contributed by atoms with van der Waals surface area (Å²) in [6.07, 6.45) is 0. The van der Waals surface area contributed by atoms with E-state index in [0.717, 1.165) is 23.7 Å². The van der Waals surface area contributed by atoms with Crippen molar-refractivity contribution in [2.24, 2.45) is 0 Å². The smallest absolute Gasteiger partial charge is 0.142 e. The first-order chi connectivity index (χ1) is 17.0. The number of rotatable bonds is 9. The number of benzene rings is 4. The molecule has 4 aromatic carbocycles. The van der Waals surface area contributed by atoms with Crippen molar-refractivity contribution in [3.05, 3.63) is 119 Å². The Labute approximate surface area is 209 Å². The van der Waals surface area contributed by atoms with Gasteiger partial charge in [-0.05, 0) is 58.7 Å². The van der Waals surface area contributed by atoms with Gasteiger partial charge in [0.1, 0.15) is 5.75 Å². The van der Waals surface area contributed by atoms with Gasteiger partial charge in [0.2, 0.25) is 0 Å². The molecule has 4 nitrogen and oxygen atoms in total. The maximum atomic E-state index is 5.75. The summed E-state index contributed by atoms with van der Waals surface area (Å²) in [6, 6.07) is 34.6. The van der Waals surface area contributed by atoms with E-state index >= 15 is 0 Å². The van der Waals surface area contributed by atoms with Gasteiger partial charge in [-0.15, -0.1) is 0 Å². The predicted molar refractivity (Wildman–Crippen MR) is 149 cm³/mol. The van der Waals surface area contributed by atoms with Crippen LogP contribution in [-0.2, 0) is 6.54 Å². The molecule has 0 fully saturated rings. The number of nitrogens with one attached hydrogen (secondary N) is 1. The Hall–Kier alpha value is -3.92. The van der Waals surface area contributed by atoms with E-state index in [0.29, 0.717) is 0 Å². The summed E-state index contributed by atoms with van der Waals surface area (Å²) in [5.74, 6) is 0.975. The van der Waals surface area contributed by atoms with E-state index in [1.807, 2.05) is 20.2 Å². The highest BCUT2D eigenvalue weighted by Crippen LogP contribution is 2.38. The molecule has 0 spiro atoms. The molecule has 0 amide bonds. The third-order valence-corrected chi connectivity index (χ3v) is 6.35. The van der Waals surface area contributed by atoms with Crippen LogP contribution < -0.4 is 19.9 Å². The Morgan fingerprint density at radius 3 is 1.86 bits per heavy atom. The number of ether oxygens (including phenoxy) is 1. The van der Waals surface area contributed by atoms with E-state index in [-0.39, 0.29) is 5.92 Å². The van der Waals surface area contributed by atoms with Crippen molar-refractivity contribution in [3.63, 3.8) is 0 Å². The molecule has 0 aliphatic heterocycles. The lowest BCUT2D eigenvalue weighted by Crippen LogP contribution is -2.11. The van der Waals surface area contributed by atoms with E-state index < -0.39 is 0 Å². The first-order valence-corrected chi connectivity index (χ1v) is 12.0. The highest BCUT2D eigenvalue weighted by atomic mass is 16.5. The van der Waals surface area contributed by atoms with E-state index in [4.69, 9.17) is 4.74 Å². The minimum absolute atomic E-state index is 0.0968. The van der Waals surface area contributed by atoms with Crippen LogP contribution in [0.2, 0.25) is 0 Å². The van der Waals surface area contributed by atoms with Crippen molar-refractivity contribution in [3.8, 4) is 5.75 Å². The minimum Gasteiger partial charge on any atom is -0.495 e. The van der Waals surface area contributed by atoms with Crippen LogP contribution >= 0.6 is 0 Å². The summed E-state index contributed by atoms with van der Waals surface area (Å²) >= 11 is 0. The molecule has 0 saturated carbocycles. The Bertz CT molecular complexity index is 1220. The molecule has 0 saturated heterocycles. The van der Waals surface area contributed by atoms with Crippen LogP contribution in [0.15, 0.2) is 97.1 Å². The Morgan fingerprint density at radius 1 is 0.686 bits per heavy atom. The van der Waals surface area contributed by atoms with Crippen molar-refractivity contribution in [1.82, 2.24) is 0 Å². The largest absolute Gasteiger partial charge is 0.495 e. The summed E-state index contributed by atoms with van der Waals surface area (Å²) in [6.45, 7) is 0.804. The van der Waals surface area contributed by atoms with E-state index in [9.17, 15) is 0 Å². The second-order valence-corrected chi connectivity index (χ2v) is 9.21. The number of hydrogen-bond acceptors (Lipinski definition) is 4. The zero-order valence-corrected chi connectivity index (χ0v) is 21.3. The van der Waals surface area contributed by atoms with Gasteiger partial charge in [0.15, 0.2) is 0 Å². The van der Waals surface area contributed by atoms with Crippen molar-refractivity contribution < 1.29 is 4.74 Å². The van der Waals surface area contributed by atoms with Crippen molar-refractivity contribution >= 4 is 17.1 Å². The van der Waals surface area contributed by atoms with Crippen LogP contribution in [0.5, 0.6) is 5.75 Å². The van der Waals surface area contributed by atoms with Crippen LogP contribution in [0.1, 0.15) is 28.2 Å². The minimum atomic E-state index is 0.0968. The molecule has 4 rings (SSSR count). The summed E-state index contributed by atoms with van der Waals surface area (Å²) in [5, 5.41) is 3.53. The molecule has 0 aromatic heterocycles. The van der Waals surface area contributed by atoms with Gasteiger partial charge in [0.05, 0.1) is 12.8 Å². The Balaban J connectivity index is 1.68. The molecule has 1 atom stereocenters. The molecule has 1 unspecified atom stereocenters. The lowest BCUT2D eigenvalue weighted by atomic mass is 9.84. The first-order valence-electron chi connectivity index (χ1n) is 12.0. The maximum Gasteiger partial charge on any atom is 0.142 e. The van der Waals surface area contributed by atoms with Crippen LogP contribution in [0.3, 0.4) is 0 Å². The quantitative estimate of drug-likeness (QED) is 0.281. The number of nitrogens with zero attached hydrogens (tertiary/aromatic N) is 2. The van der Waals surface area contributed by atoms with Crippen LogP contribution in [0, 0.1) is 0 Å². The lowest BCUT2D eigenvalue weighted by molar-refractivity contribution is 0.415. The maximum absolute atomic E-state index is 5.75. The molecule has 180 valence electrons. The third-order valence-electron chi connectivity index (χ3n) is 6.35. The molecule has 0 heterocycles. The zero-order chi connectivity index (χ0) is 24.8. The van der Waals surface area contributed by atoms with Crippen molar-refractivity contribution in [2.45, 2.75) is 12.5 Å². The molecular formula is C31H35N3O. The second-order valence-electron chi connectivity index (χ2n) is 9.21. The van der Waals surface area contributed by atoms with Gasteiger partial charge in [-0.3, -0.25) is 0 Å². The fourth-order valence-electron chi connectivity index (χ4n) is 4.38. The molecule has 35 heavy (non-hydrogen) atoms. The fourth-order valence-corrected chi connectivity index (χ4v) is 4.38. The topological polar surface area (TPSA) is 27.7 Å². The van der Waals surface area contributed by atoms with Crippen LogP contribution in [-0.4, -0.2) is 35.3 Å². The molecule has 0 bridgehead atoms. The summed E-state index contributed by atoms with van der Waals surface area (Å²) in [7, 11) is 9.95. The van der Waals surface area contributed by atoms with Gasteiger partial charge < -0.3 is 19.9 Å². The SMILES string of the molecule is COc1cc(C(c2ccc(NCc3ccccc3)cc2)c2ccc(N(C)C)cc2)ccc1N(C)C. The van der Waals surface area contributed by atoms with Gasteiger partial charge in [-0.25, -0.2) is 0 Å². The van der Waals surface area contributed by atoms with Crippen LogP contribution in [0.25, 0.3) is 0 Å². The van der Waals surface area contributed by atoms with E-state index in [1.54, 1.807) is 7.11 Å². The van der Waals surface area contributed by atoms with Gasteiger partial charge >= 0.3 is 0 Å². The van der Waals surface area contributed by atoms with Crippen LogP contribution in [0.4, 0.5) is 17.1 Å². The van der Waals surface area contributed by atoms with Gasteiger partial charge in [0.25, 0.3) is 0 Å². The highest BCUT2D eigenvalue weighted by molar-refractivity contribution is 5.61. The monoisotopic (exact) mass is 465 g/mol. The molecule has 4 aromatic rings. The van der Waals surface area contributed by atoms with E-state index in [2.05, 4.69) is 120 Å². The number of anilines is 3. The Morgan fingerprint density at radius 2 is 1.29 bits per heavy atom. The first kappa shape index (κ1) is 24.2. The molecule has 0 aliphatic rings. The summed E-state index contributed by atoms with van der Waals surface area (Å²) in [5.41, 5.74) is 8.33. The molecule has 4 heteroatoms. The Kier molecular flexibility index (Phi) is 7.61. The van der Waals surface area contributed by atoms with Crippen molar-refractivity contribution in [1.29, 1.82) is 0 Å². The molecular weight excluding hydrogens is 430 g/mol. The van der Waals surface area contributed by atoms with Gasteiger partial charge in [0, 0.05) is 52.0 Å². The third kappa shape index (κ3) is 5.78. The fraction of sp³-hybridized carbons (Fsp3) is 0.226. The van der Waals surface area contributed by atoms with Crippen molar-refractivity contribution in [2.75, 3.05) is 50.4 Å². The summed E-state index contributed by atoms with van der Waals surface area (Å²) < 4.78 is 5.75. The number of hydrogen-bond donors (Lipinski definition) is 1. The molecule has 1 N–H and O–H groups in total. The molecule has 0 radical (unpaired) electrons. The average Bonchev–Trinajstić information content (AvgIpc) is 2.89.